The number of hydrogen-bond donors (Lipinski definition) is 2. The molecule has 4 nitrogen and oxygen atoms in total. The van der Waals surface area contributed by atoms with Gasteiger partial charge in [0.05, 0.1) is 0 Å². The highest BCUT2D eigenvalue weighted by molar-refractivity contribution is 5.75. The van der Waals surface area contributed by atoms with Gasteiger partial charge in [0.1, 0.15) is 0 Å². The number of aliphatic carboxylic acids is 1. The second kappa shape index (κ2) is 4.74. The van der Waals surface area contributed by atoms with E-state index < -0.39 is 11.9 Å². The second-order valence-electron chi connectivity index (χ2n) is 3.27. The van der Waals surface area contributed by atoms with Crippen molar-refractivity contribution < 1.29 is 14.7 Å². The molecule has 0 fully saturated rings. The standard InChI is InChI=1S/C8H15NO3/c1-5(2)6(3-7(9)10)4-8(11)12/h5-6H,3-4H2,1-2H3,(H2,9,10)(H,11,12). The molecule has 4 heteroatoms. The molecule has 0 aromatic rings. The van der Waals surface area contributed by atoms with Crippen molar-refractivity contribution in [1.29, 1.82) is 0 Å². The molecule has 0 aromatic carbocycles. The molecule has 0 saturated heterocycles. The van der Waals surface area contributed by atoms with Crippen LogP contribution in [0.25, 0.3) is 0 Å². The first-order valence-corrected chi connectivity index (χ1v) is 3.93. The van der Waals surface area contributed by atoms with Gasteiger partial charge in [-0.2, -0.15) is 0 Å². The molecular weight excluding hydrogens is 158 g/mol. The number of carbonyl (C=O) groups excluding carboxylic acids is 1. The fourth-order valence-electron chi connectivity index (χ4n) is 1.03. The van der Waals surface area contributed by atoms with E-state index in [4.69, 9.17) is 10.8 Å². The van der Waals surface area contributed by atoms with Crippen LogP contribution < -0.4 is 5.73 Å². The van der Waals surface area contributed by atoms with Crippen molar-refractivity contribution in [2.24, 2.45) is 17.6 Å². The molecule has 12 heavy (non-hydrogen) atoms. The summed E-state index contributed by atoms with van der Waals surface area (Å²) in [6.45, 7) is 3.77. The fourth-order valence-corrected chi connectivity index (χ4v) is 1.03. The maximum atomic E-state index is 10.5. The molecule has 0 radical (unpaired) electrons. The quantitative estimate of drug-likeness (QED) is 0.639. The summed E-state index contributed by atoms with van der Waals surface area (Å²) < 4.78 is 0. The maximum Gasteiger partial charge on any atom is 0.303 e. The van der Waals surface area contributed by atoms with Gasteiger partial charge in [-0.25, -0.2) is 0 Å². The number of carboxylic acids is 1. The van der Waals surface area contributed by atoms with Crippen LogP contribution in [0.2, 0.25) is 0 Å². The van der Waals surface area contributed by atoms with E-state index in [1.165, 1.54) is 0 Å². The van der Waals surface area contributed by atoms with Crippen LogP contribution >= 0.6 is 0 Å². The summed E-state index contributed by atoms with van der Waals surface area (Å²) in [5.41, 5.74) is 4.97. The van der Waals surface area contributed by atoms with Crippen LogP contribution in [-0.2, 0) is 9.59 Å². The molecule has 0 aliphatic heterocycles. The van der Waals surface area contributed by atoms with E-state index in [-0.39, 0.29) is 24.7 Å². The fraction of sp³-hybridized carbons (Fsp3) is 0.750. The van der Waals surface area contributed by atoms with Gasteiger partial charge in [-0.1, -0.05) is 13.8 Å². The van der Waals surface area contributed by atoms with Crippen molar-refractivity contribution in [1.82, 2.24) is 0 Å². The van der Waals surface area contributed by atoms with Crippen LogP contribution in [0.15, 0.2) is 0 Å². The SMILES string of the molecule is CC(C)C(CC(N)=O)CC(=O)O. The molecule has 0 heterocycles. The molecule has 0 aliphatic rings. The maximum absolute atomic E-state index is 10.5. The Morgan fingerprint density at radius 2 is 1.83 bits per heavy atom. The largest absolute Gasteiger partial charge is 0.481 e. The van der Waals surface area contributed by atoms with Crippen LogP contribution in [0, 0.1) is 11.8 Å². The van der Waals surface area contributed by atoms with Gasteiger partial charge in [0, 0.05) is 12.8 Å². The Morgan fingerprint density at radius 3 is 2.08 bits per heavy atom. The zero-order chi connectivity index (χ0) is 9.72. The van der Waals surface area contributed by atoms with E-state index in [2.05, 4.69) is 0 Å². The van der Waals surface area contributed by atoms with E-state index in [0.717, 1.165) is 0 Å². The average Bonchev–Trinajstić information content (AvgIpc) is 1.83. The predicted octanol–water partition coefficient (Wildman–Crippen LogP) is 0.609. The van der Waals surface area contributed by atoms with Crippen molar-refractivity contribution >= 4 is 11.9 Å². The minimum atomic E-state index is -0.880. The molecule has 0 saturated carbocycles. The highest BCUT2D eigenvalue weighted by Crippen LogP contribution is 2.18. The van der Waals surface area contributed by atoms with Crippen molar-refractivity contribution in [3.63, 3.8) is 0 Å². The van der Waals surface area contributed by atoms with Gasteiger partial charge in [0.25, 0.3) is 0 Å². The molecule has 0 spiro atoms. The third kappa shape index (κ3) is 4.71. The second-order valence-corrected chi connectivity index (χ2v) is 3.27. The molecule has 3 N–H and O–H groups in total. The number of hydrogen-bond acceptors (Lipinski definition) is 2. The van der Waals surface area contributed by atoms with E-state index in [1.54, 1.807) is 0 Å². The van der Waals surface area contributed by atoms with Gasteiger partial charge in [-0.05, 0) is 11.8 Å². The Hall–Kier alpha value is -1.06. The third-order valence-corrected chi connectivity index (χ3v) is 1.84. The first-order valence-electron chi connectivity index (χ1n) is 3.93. The summed E-state index contributed by atoms with van der Waals surface area (Å²) in [7, 11) is 0. The van der Waals surface area contributed by atoms with Gasteiger partial charge in [-0.15, -0.1) is 0 Å². The van der Waals surface area contributed by atoms with Crippen molar-refractivity contribution in [3.05, 3.63) is 0 Å². The van der Waals surface area contributed by atoms with E-state index >= 15 is 0 Å². The summed E-state index contributed by atoms with van der Waals surface area (Å²) in [5.74, 6) is -1.28. The molecular formula is C8H15NO3. The number of amides is 1. The zero-order valence-corrected chi connectivity index (χ0v) is 7.41. The molecule has 70 valence electrons. The monoisotopic (exact) mass is 173 g/mol. The smallest absolute Gasteiger partial charge is 0.303 e. The molecule has 0 aliphatic carbocycles. The first kappa shape index (κ1) is 10.9. The number of rotatable bonds is 5. The molecule has 1 atom stereocenters. The summed E-state index contributed by atoms with van der Waals surface area (Å²) in [6, 6.07) is 0. The van der Waals surface area contributed by atoms with Crippen LogP contribution in [0.1, 0.15) is 26.7 Å². The van der Waals surface area contributed by atoms with Gasteiger partial charge >= 0.3 is 5.97 Å². The van der Waals surface area contributed by atoms with Crippen LogP contribution in [-0.4, -0.2) is 17.0 Å². The predicted molar refractivity (Wildman–Crippen MR) is 44.4 cm³/mol. The summed E-state index contributed by atoms with van der Waals surface area (Å²) in [5, 5.41) is 8.49. The lowest BCUT2D eigenvalue weighted by Gasteiger charge is -2.16. The lowest BCUT2D eigenvalue weighted by atomic mass is 9.89. The molecule has 1 amide bonds. The number of primary amides is 1. The van der Waals surface area contributed by atoms with Gasteiger partial charge < -0.3 is 10.8 Å². The minimum Gasteiger partial charge on any atom is -0.481 e. The zero-order valence-electron chi connectivity index (χ0n) is 7.41. The number of carbonyl (C=O) groups is 2. The van der Waals surface area contributed by atoms with Crippen LogP contribution in [0.4, 0.5) is 0 Å². The van der Waals surface area contributed by atoms with Crippen molar-refractivity contribution in [2.75, 3.05) is 0 Å². The normalized spacial score (nSPS) is 12.9. The Balaban J connectivity index is 4.04. The van der Waals surface area contributed by atoms with Crippen molar-refractivity contribution in [2.45, 2.75) is 26.7 Å². The molecule has 1 unspecified atom stereocenters. The highest BCUT2D eigenvalue weighted by atomic mass is 16.4. The topological polar surface area (TPSA) is 80.4 Å². The van der Waals surface area contributed by atoms with Crippen LogP contribution in [0.3, 0.4) is 0 Å². The Morgan fingerprint density at radius 1 is 1.33 bits per heavy atom. The lowest BCUT2D eigenvalue weighted by molar-refractivity contribution is -0.138. The van der Waals surface area contributed by atoms with E-state index in [0.29, 0.717) is 0 Å². The number of carboxylic acid groups (broad SMARTS) is 1. The summed E-state index contributed by atoms with van der Waals surface area (Å²) in [6.07, 6.45) is 0.171. The van der Waals surface area contributed by atoms with Gasteiger partial charge in [-0.3, -0.25) is 9.59 Å². The van der Waals surface area contributed by atoms with E-state index in [9.17, 15) is 9.59 Å². The summed E-state index contributed by atoms with van der Waals surface area (Å²) in [4.78, 5) is 20.9. The Bertz CT molecular complexity index is 161. The minimum absolute atomic E-state index is 0.0145. The number of nitrogens with two attached hydrogens (primary N) is 1. The highest BCUT2D eigenvalue weighted by Gasteiger charge is 2.18. The molecule has 0 aromatic heterocycles. The third-order valence-electron chi connectivity index (χ3n) is 1.84. The first-order chi connectivity index (χ1) is 5.43. The van der Waals surface area contributed by atoms with Crippen molar-refractivity contribution in [3.8, 4) is 0 Å². The molecule has 0 rings (SSSR count). The van der Waals surface area contributed by atoms with E-state index in [1.807, 2.05) is 13.8 Å². The Kier molecular flexibility index (Phi) is 4.33. The average molecular weight is 173 g/mol. The molecule has 0 bridgehead atoms. The lowest BCUT2D eigenvalue weighted by Crippen LogP contribution is -2.22. The summed E-state index contributed by atoms with van der Waals surface area (Å²) >= 11 is 0. The van der Waals surface area contributed by atoms with Gasteiger partial charge in [0.15, 0.2) is 0 Å². The van der Waals surface area contributed by atoms with Crippen LogP contribution in [0.5, 0.6) is 0 Å². The Labute approximate surface area is 71.8 Å². The van der Waals surface area contributed by atoms with Gasteiger partial charge in [0.2, 0.25) is 5.91 Å².